The van der Waals surface area contributed by atoms with Gasteiger partial charge in [-0.2, -0.15) is 4.31 Å². The van der Waals surface area contributed by atoms with E-state index < -0.39 is 21.8 Å². The number of carbonyl (C=O) groups is 2. The van der Waals surface area contributed by atoms with Crippen LogP contribution in [0.15, 0.2) is 28.5 Å². The summed E-state index contributed by atoms with van der Waals surface area (Å²) < 4.78 is 27.5. The van der Waals surface area contributed by atoms with Gasteiger partial charge in [0.25, 0.3) is 11.8 Å². The fourth-order valence-corrected chi connectivity index (χ4v) is 6.02. The van der Waals surface area contributed by atoms with Crippen molar-refractivity contribution in [2.45, 2.75) is 30.6 Å². The van der Waals surface area contributed by atoms with Gasteiger partial charge in [0.2, 0.25) is 10.0 Å². The molecule has 0 atom stereocenters. The first-order valence-electron chi connectivity index (χ1n) is 8.67. The topological polar surface area (TPSA) is 87.7 Å². The van der Waals surface area contributed by atoms with Gasteiger partial charge in [-0.15, -0.1) is 11.3 Å². The summed E-state index contributed by atoms with van der Waals surface area (Å²) in [6.07, 6.45) is 1.44. The van der Waals surface area contributed by atoms with Crippen molar-refractivity contribution in [3.63, 3.8) is 0 Å². The smallest absolute Gasteiger partial charge is 0.261 e. The number of fused-ring (bicyclic) bond motifs is 1. The van der Waals surface area contributed by atoms with E-state index in [-0.39, 0.29) is 21.9 Å². The van der Waals surface area contributed by atoms with E-state index in [1.54, 1.807) is 11.3 Å². The second-order valence-electron chi connectivity index (χ2n) is 6.88. The Hall–Kier alpha value is -2.10. The van der Waals surface area contributed by atoms with Crippen LogP contribution in [-0.4, -0.2) is 54.6 Å². The molecule has 1 fully saturated rings. The second-order valence-corrected chi connectivity index (χ2v) is 9.71. The molecule has 2 aliphatic rings. The zero-order chi connectivity index (χ0) is 19.3. The second kappa shape index (κ2) is 6.50. The number of piperidine rings is 1. The molecule has 3 heterocycles. The Morgan fingerprint density at radius 3 is 2.41 bits per heavy atom. The minimum absolute atomic E-state index is 0.0567. The van der Waals surface area contributed by atoms with Gasteiger partial charge in [-0.05, 0) is 38.0 Å². The highest BCUT2D eigenvalue weighted by molar-refractivity contribution is 7.89. The number of carbonyl (C=O) groups excluding carboxylic acids is 2. The summed E-state index contributed by atoms with van der Waals surface area (Å²) >= 11 is 1.62. The van der Waals surface area contributed by atoms with Crippen LogP contribution in [0, 0.1) is 6.92 Å². The van der Waals surface area contributed by atoms with Crippen molar-refractivity contribution < 1.29 is 18.0 Å². The molecular formula is C18H19N3O4S2. The van der Waals surface area contributed by atoms with E-state index in [4.69, 9.17) is 0 Å². The van der Waals surface area contributed by atoms with Crippen molar-refractivity contribution in [1.29, 1.82) is 0 Å². The Morgan fingerprint density at radius 2 is 1.78 bits per heavy atom. The molecule has 0 spiro atoms. The highest BCUT2D eigenvalue weighted by Gasteiger charge is 2.36. The largest absolute Gasteiger partial charge is 0.277 e. The van der Waals surface area contributed by atoms with Crippen LogP contribution < -0.4 is 0 Å². The predicted molar refractivity (Wildman–Crippen MR) is 100 cm³/mol. The zero-order valence-electron chi connectivity index (χ0n) is 15.0. The summed E-state index contributed by atoms with van der Waals surface area (Å²) in [5, 5.41) is 3.08. The number of nitrogens with zero attached hydrogens (tertiary/aromatic N) is 3. The zero-order valence-corrected chi connectivity index (χ0v) is 16.6. The van der Waals surface area contributed by atoms with Crippen molar-refractivity contribution in [2.24, 2.45) is 0 Å². The average Bonchev–Trinajstić information content (AvgIpc) is 3.20. The first kappa shape index (κ1) is 18.3. The Labute approximate surface area is 161 Å². The Morgan fingerprint density at radius 1 is 1.11 bits per heavy atom. The Bertz CT molecular complexity index is 1040. The number of imide groups is 1. The number of thiazole rings is 1. The highest BCUT2D eigenvalue weighted by atomic mass is 32.2. The van der Waals surface area contributed by atoms with Crippen LogP contribution in [0.4, 0.5) is 0 Å². The van der Waals surface area contributed by atoms with Gasteiger partial charge >= 0.3 is 0 Å². The predicted octanol–water partition coefficient (Wildman–Crippen LogP) is 2.25. The molecule has 9 heteroatoms. The molecule has 27 heavy (non-hydrogen) atoms. The highest BCUT2D eigenvalue weighted by Crippen LogP contribution is 2.33. The summed E-state index contributed by atoms with van der Waals surface area (Å²) in [5.74, 6) is -0.591. The molecule has 7 nitrogen and oxygen atoms in total. The van der Waals surface area contributed by atoms with Gasteiger partial charge in [-0.3, -0.25) is 14.5 Å². The van der Waals surface area contributed by atoms with Gasteiger partial charge in [0.05, 0.1) is 21.0 Å². The van der Waals surface area contributed by atoms with E-state index in [9.17, 15) is 18.0 Å². The van der Waals surface area contributed by atoms with Crippen LogP contribution in [-0.2, 0) is 10.0 Å². The van der Waals surface area contributed by atoms with Gasteiger partial charge in [-0.1, -0.05) is 0 Å². The van der Waals surface area contributed by atoms with Crippen molar-refractivity contribution in [2.75, 3.05) is 20.1 Å². The number of sulfonamides is 1. The maximum absolute atomic E-state index is 13.0. The number of amides is 2. The molecule has 1 aromatic heterocycles. The maximum Gasteiger partial charge on any atom is 0.261 e. The van der Waals surface area contributed by atoms with Crippen molar-refractivity contribution in [3.05, 3.63) is 45.4 Å². The summed E-state index contributed by atoms with van der Waals surface area (Å²) in [7, 11) is -2.32. The molecule has 0 unspecified atom stereocenters. The number of hydrogen-bond acceptors (Lipinski definition) is 6. The average molecular weight is 406 g/mol. The molecule has 0 saturated carbocycles. The van der Waals surface area contributed by atoms with E-state index in [2.05, 4.69) is 4.98 Å². The molecule has 0 bridgehead atoms. The van der Waals surface area contributed by atoms with E-state index in [0.29, 0.717) is 13.1 Å². The molecule has 0 N–H and O–H groups in total. The van der Waals surface area contributed by atoms with Gasteiger partial charge in [0, 0.05) is 37.1 Å². The SMILES string of the molecule is Cc1csc(C2CCN(S(=O)(=O)c3ccc4c(c3)C(=O)N(C)C4=O)CC2)n1. The normalized spacial score (nSPS) is 19.0. The summed E-state index contributed by atoms with van der Waals surface area (Å²) in [6, 6.07) is 4.16. The standard InChI is InChI=1S/C18H19N3O4S2/c1-11-10-26-16(19-11)12-5-7-21(8-6-12)27(24,25)13-3-4-14-15(9-13)18(23)20(2)17(14)22/h3-4,9-10,12H,5-8H2,1-2H3. The van der Waals surface area contributed by atoms with E-state index in [1.165, 1.54) is 29.6 Å². The monoisotopic (exact) mass is 405 g/mol. The summed E-state index contributed by atoms with van der Waals surface area (Å²) in [4.78, 5) is 29.7. The molecule has 0 aliphatic carbocycles. The van der Waals surface area contributed by atoms with Crippen LogP contribution >= 0.6 is 11.3 Å². The third-order valence-electron chi connectivity index (χ3n) is 5.14. The van der Waals surface area contributed by atoms with E-state index in [1.807, 2.05) is 12.3 Å². The van der Waals surface area contributed by atoms with Crippen molar-refractivity contribution >= 4 is 33.2 Å². The lowest BCUT2D eigenvalue weighted by molar-refractivity contribution is 0.0693. The van der Waals surface area contributed by atoms with E-state index in [0.717, 1.165) is 28.4 Å². The fourth-order valence-electron chi connectivity index (χ4n) is 3.55. The third-order valence-corrected chi connectivity index (χ3v) is 8.16. The Balaban J connectivity index is 1.55. The first-order chi connectivity index (χ1) is 12.8. The van der Waals surface area contributed by atoms with Gasteiger partial charge in [0.1, 0.15) is 0 Å². The molecule has 2 amide bonds. The number of hydrogen-bond donors (Lipinski definition) is 0. The molecule has 1 aromatic carbocycles. The van der Waals surface area contributed by atoms with Crippen LogP contribution in [0.2, 0.25) is 0 Å². The maximum atomic E-state index is 13.0. The number of benzene rings is 1. The number of aryl methyl sites for hydroxylation is 1. The molecule has 1 saturated heterocycles. The number of rotatable bonds is 3. The Kier molecular flexibility index (Phi) is 4.40. The van der Waals surface area contributed by atoms with Crippen LogP contribution in [0.3, 0.4) is 0 Å². The van der Waals surface area contributed by atoms with Gasteiger partial charge < -0.3 is 0 Å². The van der Waals surface area contributed by atoms with Crippen LogP contribution in [0.25, 0.3) is 0 Å². The molecule has 142 valence electrons. The van der Waals surface area contributed by atoms with Gasteiger partial charge in [0.15, 0.2) is 0 Å². The molecule has 0 radical (unpaired) electrons. The lowest BCUT2D eigenvalue weighted by atomic mass is 9.99. The van der Waals surface area contributed by atoms with Crippen molar-refractivity contribution in [1.82, 2.24) is 14.2 Å². The van der Waals surface area contributed by atoms with Gasteiger partial charge in [-0.25, -0.2) is 13.4 Å². The summed E-state index contributed by atoms with van der Waals surface area (Å²) in [6.45, 7) is 2.78. The molecule has 4 rings (SSSR count). The van der Waals surface area contributed by atoms with Crippen molar-refractivity contribution in [3.8, 4) is 0 Å². The quantitative estimate of drug-likeness (QED) is 0.731. The van der Waals surface area contributed by atoms with Crippen LogP contribution in [0.1, 0.15) is 50.2 Å². The van der Waals surface area contributed by atoms with E-state index >= 15 is 0 Å². The first-order valence-corrected chi connectivity index (χ1v) is 11.0. The third kappa shape index (κ3) is 2.99. The fraction of sp³-hybridized carbons (Fsp3) is 0.389. The molecule has 2 aliphatic heterocycles. The lowest BCUT2D eigenvalue weighted by Gasteiger charge is -2.30. The minimum atomic E-state index is -3.71. The summed E-state index contributed by atoms with van der Waals surface area (Å²) in [5.41, 5.74) is 1.39. The molecule has 2 aromatic rings. The lowest BCUT2D eigenvalue weighted by Crippen LogP contribution is -2.38. The molecular weight excluding hydrogens is 386 g/mol. The van der Waals surface area contributed by atoms with Crippen LogP contribution in [0.5, 0.6) is 0 Å². The number of aromatic nitrogens is 1. The minimum Gasteiger partial charge on any atom is -0.277 e.